The summed E-state index contributed by atoms with van der Waals surface area (Å²) >= 11 is 0. The van der Waals surface area contributed by atoms with Crippen molar-refractivity contribution >= 4 is 11.8 Å². The van der Waals surface area contributed by atoms with E-state index in [-0.39, 0.29) is 24.5 Å². The van der Waals surface area contributed by atoms with Gasteiger partial charge in [-0.25, -0.2) is 0 Å². The number of ether oxygens (including phenoxy) is 1. The highest BCUT2D eigenvalue weighted by atomic mass is 16.5. The molecule has 1 aromatic carbocycles. The molecule has 0 spiro atoms. The second kappa shape index (κ2) is 9.30. The van der Waals surface area contributed by atoms with Crippen LogP contribution in [0.25, 0.3) is 0 Å². The number of carbonyl (C=O) groups is 2. The molecule has 5 heteroatoms. The number of aryl methyl sites for hydroxylation is 1. The summed E-state index contributed by atoms with van der Waals surface area (Å²) in [5.74, 6) is 0.836. The van der Waals surface area contributed by atoms with Crippen LogP contribution in [0, 0.1) is 6.92 Å². The van der Waals surface area contributed by atoms with Gasteiger partial charge in [0.2, 0.25) is 5.91 Å². The predicted octanol–water partition coefficient (Wildman–Crippen LogP) is 2.67. The number of carbonyl (C=O) groups excluding carboxylic acids is 2. The van der Waals surface area contributed by atoms with E-state index in [2.05, 4.69) is 12.2 Å². The first kappa shape index (κ1) is 18.3. The van der Waals surface area contributed by atoms with Gasteiger partial charge in [-0.15, -0.1) is 0 Å². The van der Waals surface area contributed by atoms with Crippen LogP contribution in [0.1, 0.15) is 44.6 Å². The SMILES string of the molecule is CCCCC(=O)N1CCC(NC(=O)COc2ccc(C)cc2)CC1. The Morgan fingerprint density at radius 3 is 2.50 bits per heavy atom. The first-order valence-corrected chi connectivity index (χ1v) is 8.85. The van der Waals surface area contributed by atoms with Gasteiger partial charge in [0.1, 0.15) is 5.75 Å². The third kappa shape index (κ3) is 5.87. The number of nitrogens with zero attached hydrogens (tertiary/aromatic N) is 1. The number of nitrogens with one attached hydrogen (secondary N) is 1. The van der Waals surface area contributed by atoms with E-state index in [1.165, 1.54) is 0 Å². The van der Waals surface area contributed by atoms with Crippen LogP contribution in [0.15, 0.2) is 24.3 Å². The molecule has 132 valence electrons. The number of hydrogen-bond donors (Lipinski definition) is 1. The molecular weight excluding hydrogens is 304 g/mol. The van der Waals surface area contributed by atoms with Crippen molar-refractivity contribution in [3.63, 3.8) is 0 Å². The van der Waals surface area contributed by atoms with Crippen LogP contribution in [0.3, 0.4) is 0 Å². The molecule has 0 saturated carbocycles. The third-order valence-electron chi connectivity index (χ3n) is 4.35. The van der Waals surface area contributed by atoms with Crippen molar-refractivity contribution < 1.29 is 14.3 Å². The number of amides is 2. The van der Waals surface area contributed by atoms with Gasteiger partial charge >= 0.3 is 0 Å². The van der Waals surface area contributed by atoms with Gasteiger partial charge in [-0.1, -0.05) is 31.0 Å². The number of likely N-dealkylation sites (tertiary alicyclic amines) is 1. The van der Waals surface area contributed by atoms with E-state index in [1.54, 1.807) is 0 Å². The molecule has 0 radical (unpaired) electrons. The van der Waals surface area contributed by atoms with Crippen LogP contribution in [-0.2, 0) is 9.59 Å². The summed E-state index contributed by atoms with van der Waals surface area (Å²) in [5.41, 5.74) is 1.16. The molecule has 1 heterocycles. The number of hydrogen-bond acceptors (Lipinski definition) is 3. The van der Waals surface area contributed by atoms with Crippen LogP contribution in [0.2, 0.25) is 0 Å². The van der Waals surface area contributed by atoms with Gasteiger partial charge in [-0.05, 0) is 38.3 Å². The van der Waals surface area contributed by atoms with E-state index < -0.39 is 0 Å². The van der Waals surface area contributed by atoms with Gasteiger partial charge in [0, 0.05) is 25.6 Å². The van der Waals surface area contributed by atoms with Crippen LogP contribution in [-0.4, -0.2) is 42.5 Å². The molecule has 0 bridgehead atoms. The number of unbranched alkanes of at least 4 members (excludes halogenated alkanes) is 1. The van der Waals surface area contributed by atoms with Crippen molar-refractivity contribution in [3.05, 3.63) is 29.8 Å². The number of rotatable bonds is 7. The van der Waals surface area contributed by atoms with Gasteiger partial charge in [0.05, 0.1) is 0 Å². The first-order chi connectivity index (χ1) is 11.6. The van der Waals surface area contributed by atoms with Gasteiger partial charge in [-0.2, -0.15) is 0 Å². The summed E-state index contributed by atoms with van der Waals surface area (Å²) in [6.07, 6.45) is 4.26. The molecule has 1 aromatic rings. The van der Waals surface area contributed by atoms with Crippen molar-refractivity contribution in [3.8, 4) is 5.75 Å². The lowest BCUT2D eigenvalue weighted by molar-refractivity contribution is -0.132. The molecule has 2 amide bonds. The maximum Gasteiger partial charge on any atom is 0.258 e. The maximum atomic E-state index is 12.0. The Balaban J connectivity index is 1.66. The van der Waals surface area contributed by atoms with Gasteiger partial charge < -0.3 is 15.0 Å². The second-order valence-electron chi connectivity index (χ2n) is 6.43. The van der Waals surface area contributed by atoms with Gasteiger partial charge in [0.25, 0.3) is 5.91 Å². The number of benzene rings is 1. The molecule has 1 fully saturated rings. The Morgan fingerprint density at radius 2 is 1.88 bits per heavy atom. The summed E-state index contributed by atoms with van der Waals surface area (Å²) < 4.78 is 5.49. The molecule has 1 aliphatic rings. The molecule has 0 unspecified atom stereocenters. The quantitative estimate of drug-likeness (QED) is 0.835. The topological polar surface area (TPSA) is 58.6 Å². The van der Waals surface area contributed by atoms with E-state index in [9.17, 15) is 9.59 Å². The molecule has 0 atom stereocenters. The molecule has 1 N–H and O–H groups in total. The lowest BCUT2D eigenvalue weighted by atomic mass is 10.0. The van der Waals surface area contributed by atoms with Crippen molar-refractivity contribution in [2.24, 2.45) is 0 Å². The Kier molecular flexibility index (Phi) is 7.09. The van der Waals surface area contributed by atoms with Gasteiger partial charge in [0.15, 0.2) is 6.61 Å². The van der Waals surface area contributed by atoms with Crippen LogP contribution < -0.4 is 10.1 Å². The van der Waals surface area contributed by atoms with Crippen LogP contribution in [0.4, 0.5) is 0 Å². The maximum absolute atomic E-state index is 12.0. The second-order valence-corrected chi connectivity index (χ2v) is 6.43. The summed E-state index contributed by atoms with van der Waals surface area (Å²) in [6, 6.07) is 7.78. The lowest BCUT2D eigenvalue weighted by Crippen LogP contribution is -2.47. The standard InChI is InChI=1S/C19H28N2O3/c1-3-4-5-19(23)21-12-10-16(11-13-21)20-18(22)14-24-17-8-6-15(2)7-9-17/h6-9,16H,3-5,10-14H2,1-2H3,(H,20,22). The van der Waals surface area contributed by atoms with E-state index in [0.717, 1.165) is 44.3 Å². The highest BCUT2D eigenvalue weighted by molar-refractivity contribution is 5.78. The zero-order valence-electron chi connectivity index (χ0n) is 14.7. The Hall–Kier alpha value is -2.04. The molecule has 5 nitrogen and oxygen atoms in total. The average molecular weight is 332 g/mol. The molecule has 1 aliphatic heterocycles. The highest BCUT2D eigenvalue weighted by Gasteiger charge is 2.23. The van der Waals surface area contributed by atoms with Crippen molar-refractivity contribution in [1.82, 2.24) is 10.2 Å². The molecule has 1 saturated heterocycles. The average Bonchev–Trinajstić information content (AvgIpc) is 2.60. The fourth-order valence-corrected chi connectivity index (χ4v) is 2.81. The summed E-state index contributed by atoms with van der Waals surface area (Å²) in [6.45, 7) is 5.58. The largest absolute Gasteiger partial charge is 0.484 e. The van der Waals surface area contributed by atoms with Crippen LogP contribution >= 0.6 is 0 Å². The highest BCUT2D eigenvalue weighted by Crippen LogP contribution is 2.13. The van der Waals surface area contributed by atoms with Crippen molar-refractivity contribution in [2.75, 3.05) is 19.7 Å². The van der Waals surface area contributed by atoms with E-state index in [4.69, 9.17) is 4.74 Å². The third-order valence-corrected chi connectivity index (χ3v) is 4.35. The minimum absolute atomic E-state index is 0.0265. The van der Waals surface area contributed by atoms with E-state index in [1.807, 2.05) is 36.1 Å². The molecular formula is C19H28N2O3. The summed E-state index contributed by atoms with van der Waals surface area (Å²) in [5, 5.41) is 3.00. The zero-order chi connectivity index (χ0) is 17.4. The molecule has 24 heavy (non-hydrogen) atoms. The monoisotopic (exact) mass is 332 g/mol. The Labute approximate surface area is 144 Å². The Morgan fingerprint density at radius 1 is 1.21 bits per heavy atom. The van der Waals surface area contributed by atoms with E-state index in [0.29, 0.717) is 12.2 Å². The summed E-state index contributed by atoms with van der Waals surface area (Å²) in [4.78, 5) is 25.9. The van der Waals surface area contributed by atoms with Crippen molar-refractivity contribution in [1.29, 1.82) is 0 Å². The number of piperidine rings is 1. The van der Waals surface area contributed by atoms with Crippen molar-refractivity contribution in [2.45, 2.75) is 52.0 Å². The molecule has 0 aliphatic carbocycles. The lowest BCUT2D eigenvalue weighted by Gasteiger charge is -2.32. The van der Waals surface area contributed by atoms with E-state index >= 15 is 0 Å². The fourth-order valence-electron chi connectivity index (χ4n) is 2.81. The fraction of sp³-hybridized carbons (Fsp3) is 0.579. The Bertz CT molecular complexity index is 534. The minimum atomic E-state index is -0.105. The molecule has 2 rings (SSSR count). The van der Waals surface area contributed by atoms with Gasteiger partial charge in [-0.3, -0.25) is 9.59 Å². The smallest absolute Gasteiger partial charge is 0.258 e. The zero-order valence-corrected chi connectivity index (χ0v) is 14.7. The molecule has 0 aromatic heterocycles. The first-order valence-electron chi connectivity index (χ1n) is 8.85. The predicted molar refractivity (Wildman–Crippen MR) is 93.9 cm³/mol. The van der Waals surface area contributed by atoms with Crippen LogP contribution in [0.5, 0.6) is 5.75 Å². The summed E-state index contributed by atoms with van der Waals surface area (Å²) in [7, 11) is 0. The normalized spacial score (nSPS) is 15.2. The minimum Gasteiger partial charge on any atom is -0.484 e.